The summed E-state index contributed by atoms with van der Waals surface area (Å²) in [4.78, 5) is 2.20. The molecule has 4 rings (SSSR count). The van der Waals surface area contributed by atoms with Gasteiger partial charge in [0.15, 0.2) is 23.0 Å². The molecule has 27 heavy (non-hydrogen) atoms. The lowest BCUT2D eigenvalue weighted by molar-refractivity contribution is 0.0828. The fraction of sp³-hybridized carbons (Fsp3) is 0.429. The number of nitrogens with zero attached hydrogens (tertiary/aromatic N) is 1. The Balaban J connectivity index is 2.09. The average molecular weight is 371 g/mol. The van der Waals surface area contributed by atoms with Gasteiger partial charge < -0.3 is 24.1 Å². The first-order chi connectivity index (χ1) is 13.0. The van der Waals surface area contributed by atoms with Gasteiger partial charge in [-0.25, -0.2) is 0 Å². The molecule has 1 aliphatic heterocycles. The van der Waals surface area contributed by atoms with Crippen molar-refractivity contribution in [1.29, 1.82) is 0 Å². The van der Waals surface area contributed by atoms with E-state index >= 15 is 0 Å². The highest BCUT2D eigenvalue weighted by atomic mass is 16.5. The molecule has 0 aromatic heterocycles. The number of β-amino-alcohol motifs (C(OH)–C–C–N with tert-alkyl or cyclic N) is 1. The number of aliphatic hydroxyl groups is 1. The standard InChI is InChI=1S/C21H25NO5/c1-22-10-15(23)13-9-18(26-4)21(27-5)20-12-8-17(25-3)16(24-2)7-11(12)6-14(22)19(13)20/h7-9,14-15,23H,6,10H2,1-5H3/t14-,15+/m0/s1. The maximum absolute atomic E-state index is 10.7. The van der Waals surface area contributed by atoms with Crippen LogP contribution < -0.4 is 18.9 Å². The molecule has 0 amide bonds. The fourth-order valence-electron chi connectivity index (χ4n) is 4.44. The van der Waals surface area contributed by atoms with Gasteiger partial charge in [0.05, 0.1) is 34.5 Å². The van der Waals surface area contributed by atoms with Crippen molar-refractivity contribution < 1.29 is 24.1 Å². The molecule has 0 bridgehead atoms. The largest absolute Gasteiger partial charge is 0.493 e. The van der Waals surface area contributed by atoms with Crippen LogP contribution in [0.4, 0.5) is 0 Å². The van der Waals surface area contributed by atoms with Crippen molar-refractivity contribution in [2.75, 3.05) is 42.0 Å². The number of hydrogen-bond donors (Lipinski definition) is 1. The summed E-state index contributed by atoms with van der Waals surface area (Å²) in [6.07, 6.45) is 0.260. The minimum atomic E-state index is -0.568. The molecule has 144 valence electrons. The third-order valence-electron chi connectivity index (χ3n) is 5.72. The van der Waals surface area contributed by atoms with Crippen LogP contribution in [-0.2, 0) is 6.42 Å². The maximum Gasteiger partial charge on any atom is 0.168 e. The second-order valence-electron chi connectivity index (χ2n) is 7.03. The molecular formula is C21H25NO5. The lowest BCUT2D eigenvalue weighted by Crippen LogP contribution is -2.38. The van der Waals surface area contributed by atoms with Crippen molar-refractivity contribution in [2.45, 2.75) is 18.6 Å². The van der Waals surface area contributed by atoms with Crippen LogP contribution in [0.5, 0.6) is 23.0 Å². The molecule has 2 aromatic carbocycles. The molecule has 0 spiro atoms. The quantitative estimate of drug-likeness (QED) is 0.892. The highest BCUT2D eigenvalue weighted by Gasteiger charge is 2.39. The molecule has 1 aliphatic carbocycles. The summed E-state index contributed by atoms with van der Waals surface area (Å²) in [5.74, 6) is 2.67. The summed E-state index contributed by atoms with van der Waals surface area (Å²) in [5.41, 5.74) is 5.16. The Morgan fingerprint density at radius 1 is 0.926 bits per heavy atom. The number of fused-ring (bicyclic) bond motifs is 2. The van der Waals surface area contributed by atoms with Gasteiger partial charge in [-0.1, -0.05) is 0 Å². The summed E-state index contributed by atoms with van der Waals surface area (Å²) in [6, 6.07) is 6.09. The van der Waals surface area contributed by atoms with E-state index in [9.17, 15) is 5.11 Å². The van der Waals surface area contributed by atoms with Crippen LogP contribution >= 0.6 is 0 Å². The van der Waals surface area contributed by atoms with E-state index in [-0.39, 0.29) is 6.04 Å². The molecule has 2 aromatic rings. The normalized spacial score (nSPS) is 20.5. The van der Waals surface area contributed by atoms with E-state index in [4.69, 9.17) is 18.9 Å². The minimum Gasteiger partial charge on any atom is -0.493 e. The number of likely N-dealkylation sites (N-methyl/N-ethyl adjacent to an activating group) is 1. The number of methoxy groups -OCH3 is 4. The van der Waals surface area contributed by atoms with Gasteiger partial charge in [-0.15, -0.1) is 0 Å². The van der Waals surface area contributed by atoms with E-state index in [1.807, 2.05) is 25.2 Å². The molecule has 2 aliphatic rings. The summed E-state index contributed by atoms with van der Waals surface area (Å²) in [6.45, 7) is 0.579. The second-order valence-corrected chi connectivity index (χ2v) is 7.03. The smallest absolute Gasteiger partial charge is 0.168 e. The van der Waals surface area contributed by atoms with Gasteiger partial charge in [-0.3, -0.25) is 4.90 Å². The van der Waals surface area contributed by atoms with Gasteiger partial charge in [0.1, 0.15) is 0 Å². The van der Waals surface area contributed by atoms with Gasteiger partial charge in [-0.05, 0) is 53.9 Å². The number of aliphatic hydroxyl groups excluding tert-OH is 1. The third-order valence-corrected chi connectivity index (χ3v) is 5.72. The zero-order valence-corrected chi connectivity index (χ0v) is 16.3. The van der Waals surface area contributed by atoms with Crippen LogP contribution in [0, 0.1) is 0 Å². The van der Waals surface area contributed by atoms with E-state index in [0.717, 1.165) is 34.2 Å². The molecule has 6 nitrogen and oxygen atoms in total. The van der Waals surface area contributed by atoms with Crippen LogP contribution in [0.3, 0.4) is 0 Å². The molecule has 6 heteroatoms. The monoisotopic (exact) mass is 371 g/mol. The predicted molar refractivity (Wildman–Crippen MR) is 102 cm³/mol. The maximum atomic E-state index is 10.7. The Bertz CT molecular complexity index is 895. The molecule has 0 saturated heterocycles. The highest BCUT2D eigenvalue weighted by Crippen LogP contribution is 2.55. The van der Waals surface area contributed by atoms with E-state index in [0.29, 0.717) is 29.5 Å². The van der Waals surface area contributed by atoms with E-state index < -0.39 is 6.10 Å². The van der Waals surface area contributed by atoms with Gasteiger partial charge in [0.25, 0.3) is 0 Å². The Labute approximate surface area is 159 Å². The van der Waals surface area contributed by atoms with Gasteiger partial charge in [0.2, 0.25) is 0 Å². The predicted octanol–water partition coefficient (Wildman–Crippen LogP) is 2.96. The Kier molecular flexibility index (Phi) is 4.40. The van der Waals surface area contributed by atoms with Crippen molar-refractivity contribution in [2.24, 2.45) is 0 Å². The number of rotatable bonds is 4. The number of hydrogen-bond acceptors (Lipinski definition) is 6. The average Bonchev–Trinajstić information content (AvgIpc) is 2.69. The zero-order chi connectivity index (χ0) is 19.3. The summed E-state index contributed by atoms with van der Waals surface area (Å²) < 4.78 is 22.4. The summed E-state index contributed by atoms with van der Waals surface area (Å²) >= 11 is 0. The third kappa shape index (κ3) is 2.55. The topological polar surface area (TPSA) is 60.4 Å². The molecule has 0 unspecified atom stereocenters. The van der Waals surface area contributed by atoms with Crippen LogP contribution in [-0.4, -0.2) is 52.0 Å². The van der Waals surface area contributed by atoms with E-state index in [1.165, 1.54) is 0 Å². The Morgan fingerprint density at radius 2 is 1.59 bits per heavy atom. The van der Waals surface area contributed by atoms with E-state index in [2.05, 4.69) is 4.90 Å². The second kappa shape index (κ2) is 6.62. The van der Waals surface area contributed by atoms with Gasteiger partial charge in [-0.2, -0.15) is 0 Å². The molecule has 1 heterocycles. The van der Waals surface area contributed by atoms with Crippen molar-refractivity contribution in [3.05, 3.63) is 34.9 Å². The SMILES string of the molecule is COc1cc2c(cc1OC)-c1c(OC)c(OC)cc3c1[C@H](C2)N(C)C[C@H]3O. The molecule has 0 saturated carbocycles. The van der Waals surface area contributed by atoms with Crippen molar-refractivity contribution in [1.82, 2.24) is 4.90 Å². The molecule has 0 radical (unpaired) electrons. The summed E-state index contributed by atoms with van der Waals surface area (Å²) in [7, 11) is 8.59. The van der Waals surface area contributed by atoms with Crippen molar-refractivity contribution >= 4 is 0 Å². The van der Waals surface area contributed by atoms with Crippen molar-refractivity contribution in [3.63, 3.8) is 0 Å². The minimum absolute atomic E-state index is 0.156. The highest BCUT2D eigenvalue weighted by molar-refractivity contribution is 5.85. The van der Waals surface area contributed by atoms with Crippen molar-refractivity contribution in [3.8, 4) is 34.1 Å². The Morgan fingerprint density at radius 3 is 2.22 bits per heavy atom. The van der Waals surface area contributed by atoms with Gasteiger partial charge >= 0.3 is 0 Å². The zero-order valence-electron chi connectivity index (χ0n) is 16.3. The van der Waals surface area contributed by atoms with Crippen LogP contribution in [0.15, 0.2) is 18.2 Å². The number of ether oxygens (including phenoxy) is 4. The van der Waals surface area contributed by atoms with E-state index in [1.54, 1.807) is 28.4 Å². The Hall–Kier alpha value is -2.44. The first-order valence-corrected chi connectivity index (χ1v) is 8.96. The van der Waals surface area contributed by atoms with Crippen LogP contribution in [0.1, 0.15) is 28.8 Å². The lowest BCUT2D eigenvalue weighted by Gasteiger charge is -2.42. The first kappa shape index (κ1) is 17.9. The molecule has 2 atom stereocenters. The van der Waals surface area contributed by atoms with Crippen LogP contribution in [0.25, 0.3) is 11.1 Å². The fourth-order valence-corrected chi connectivity index (χ4v) is 4.44. The molecule has 1 N–H and O–H groups in total. The first-order valence-electron chi connectivity index (χ1n) is 8.96. The number of benzene rings is 2. The summed E-state index contributed by atoms with van der Waals surface area (Å²) in [5, 5.41) is 10.7. The molecule has 0 fully saturated rings. The van der Waals surface area contributed by atoms with Gasteiger partial charge in [0, 0.05) is 18.2 Å². The van der Waals surface area contributed by atoms with Crippen LogP contribution in [0.2, 0.25) is 0 Å². The molecular weight excluding hydrogens is 346 g/mol. The lowest BCUT2D eigenvalue weighted by atomic mass is 9.76.